The zero-order chi connectivity index (χ0) is 23.3. The highest BCUT2D eigenvalue weighted by Gasteiger charge is 2.41. The molecule has 0 saturated carbocycles. The number of carbonyl (C=O) groups excluding carboxylic acids is 2. The van der Waals surface area contributed by atoms with Crippen molar-refractivity contribution in [1.82, 2.24) is 9.80 Å². The number of hydrogen-bond acceptors (Lipinski definition) is 6. The molecule has 1 amide bonds. The third kappa shape index (κ3) is 4.93. The van der Waals surface area contributed by atoms with Crippen molar-refractivity contribution in [2.75, 3.05) is 19.7 Å². The van der Waals surface area contributed by atoms with Crippen molar-refractivity contribution >= 4 is 28.8 Å². The minimum atomic E-state index is -0.373. The fourth-order valence-electron chi connectivity index (χ4n) is 4.20. The topological polar surface area (TPSA) is 62.2 Å². The number of esters is 1. The molecule has 1 aromatic rings. The highest BCUT2D eigenvalue weighted by molar-refractivity contribution is 8.16. The number of nitrogens with zero attached hydrogens (tertiary/aromatic N) is 3. The van der Waals surface area contributed by atoms with Crippen molar-refractivity contribution in [2.45, 2.75) is 59.9 Å². The molecule has 172 valence electrons. The smallest absolute Gasteiger partial charge is 0.338 e. The Morgan fingerprint density at radius 2 is 1.81 bits per heavy atom. The number of aliphatic imine (C=N–C) groups is 1. The molecular weight excluding hydrogens is 422 g/mol. The van der Waals surface area contributed by atoms with Crippen LogP contribution in [0.2, 0.25) is 0 Å². The third-order valence-electron chi connectivity index (χ3n) is 5.65. The average Bonchev–Trinajstić information content (AvgIpc) is 3.15. The van der Waals surface area contributed by atoms with E-state index in [2.05, 4.69) is 18.7 Å². The van der Waals surface area contributed by atoms with Crippen LogP contribution in [0.4, 0.5) is 0 Å². The second kappa shape index (κ2) is 10.9. The van der Waals surface area contributed by atoms with Gasteiger partial charge in [0.15, 0.2) is 5.17 Å². The summed E-state index contributed by atoms with van der Waals surface area (Å²) in [6.07, 6.45) is 2.14. The lowest BCUT2D eigenvalue weighted by Crippen LogP contribution is -2.39. The molecule has 0 spiro atoms. The van der Waals surface area contributed by atoms with Crippen LogP contribution in [0.5, 0.6) is 0 Å². The molecule has 7 heteroatoms. The van der Waals surface area contributed by atoms with E-state index in [4.69, 9.17) is 9.73 Å². The quantitative estimate of drug-likeness (QED) is 0.481. The first-order valence-corrected chi connectivity index (χ1v) is 12.3. The lowest BCUT2D eigenvalue weighted by molar-refractivity contribution is -0.139. The molecule has 0 N–H and O–H groups in total. The zero-order valence-electron chi connectivity index (χ0n) is 19.7. The molecule has 0 saturated heterocycles. The van der Waals surface area contributed by atoms with Crippen LogP contribution < -0.4 is 0 Å². The van der Waals surface area contributed by atoms with E-state index >= 15 is 0 Å². The molecule has 0 aliphatic carbocycles. The van der Waals surface area contributed by atoms with Gasteiger partial charge in [0.1, 0.15) is 0 Å². The lowest BCUT2D eigenvalue weighted by atomic mass is 9.91. The second-order valence-electron chi connectivity index (χ2n) is 8.03. The molecule has 1 aromatic carbocycles. The number of ether oxygens (including phenoxy) is 1. The molecule has 0 aromatic heterocycles. The van der Waals surface area contributed by atoms with Crippen LogP contribution in [-0.2, 0) is 14.3 Å². The van der Waals surface area contributed by atoms with Gasteiger partial charge in [-0.1, -0.05) is 49.9 Å². The van der Waals surface area contributed by atoms with E-state index in [1.807, 2.05) is 48.4 Å². The van der Waals surface area contributed by atoms with Crippen LogP contribution in [0.3, 0.4) is 0 Å². The largest absolute Gasteiger partial charge is 0.463 e. The molecule has 2 aliphatic heterocycles. The summed E-state index contributed by atoms with van der Waals surface area (Å²) in [6, 6.07) is 7.68. The van der Waals surface area contributed by atoms with Gasteiger partial charge >= 0.3 is 5.97 Å². The minimum Gasteiger partial charge on any atom is -0.463 e. The zero-order valence-corrected chi connectivity index (χ0v) is 20.5. The normalized spacial score (nSPS) is 17.7. The van der Waals surface area contributed by atoms with E-state index in [9.17, 15) is 9.59 Å². The number of amides is 1. The number of amidine groups is 1. The van der Waals surface area contributed by atoms with E-state index in [0.29, 0.717) is 17.9 Å². The highest BCUT2D eigenvalue weighted by Crippen LogP contribution is 2.45. The average molecular weight is 456 g/mol. The third-order valence-corrected chi connectivity index (χ3v) is 6.54. The first-order chi connectivity index (χ1) is 15.4. The van der Waals surface area contributed by atoms with Gasteiger partial charge in [-0.3, -0.25) is 4.79 Å². The van der Waals surface area contributed by atoms with Crippen molar-refractivity contribution in [1.29, 1.82) is 0 Å². The molecule has 2 aliphatic rings. The number of benzene rings is 1. The number of hydrogen-bond donors (Lipinski definition) is 0. The van der Waals surface area contributed by atoms with Crippen LogP contribution >= 0.6 is 11.8 Å². The summed E-state index contributed by atoms with van der Waals surface area (Å²) in [6.45, 7) is 11.7. The molecule has 32 heavy (non-hydrogen) atoms. The van der Waals surface area contributed by atoms with Gasteiger partial charge in [-0.05, 0) is 50.1 Å². The molecule has 6 nitrogen and oxygen atoms in total. The summed E-state index contributed by atoms with van der Waals surface area (Å²) in [5, 5.41) is 2.79. The Kier molecular flexibility index (Phi) is 8.18. The van der Waals surface area contributed by atoms with Gasteiger partial charge in [0.2, 0.25) is 5.91 Å². The first-order valence-electron chi connectivity index (χ1n) is 11.4. The molecule has 3 rings (SSSR count). The maximum atomic E-state index is 13.2. The molecular formula is C25H33N3O3S. The van der Waals surface area contributed by atoms with E-state index < -0.39 is 0 Å². The Labute approximate surface area is 195 Å². The van der Waals surface area contributed by atoms with E-state index in [1.165, 1.54) is 11.8 Å². The van der Waals surface area contributed by atoms with Gasteiger partial charge < -0.3 is 14.5 Å². The van der Waals surface area contributed by atoms with Crippen molar-refractivity contribution in [3.05, 3.63) is 57.8 Å². The molecule has 0 bridgehead atoms. The number of fused-ring (bicyclic) bond motifs is 1. The lowest BCUT2D eigenvalue weighted by Gasteiger charge is -2.37. The summed E-state index contributed by atoms with van der Waals surface area (Å²) in [5.41, 5.74) is 4.16. The SMILES string of the molecule is CCCN(CCC)C(=O)CC1=CSC2=NC(C)=C(C(=O)OCC)[C@H](c3ccccc3C)N12. The van der Waals surface area contributed by atoms with Gasteiger partial charge in [0.05, 0.1) is 30.3 Å². The van der Waals surface area contributed by atoms with E-state index in [-0.39, 0.29) is 24.3 Å². The van der Waals surface area contributed by atoms with Crippen molar-refractivity contribution < 1.29 is 14.3 Å². The fraction of sp³-hybridized carbons (Fsp3) is 0.480. The summed E-state index contributed by atoms with van der Waals surface area (Å²) in [4.78, 5) is 34.9. The van der Waals surface area contributed by atoms with Crippen LogP contribution in [-0.4, -0.2) is 46.5 Å². The van der Waals surface area contributed by atoms with Gasteiger partial charge in [-0.15, -0.1) is 0 Å². The van der Waals surface area contributed by atoms with Crippen molar-refractivity contribution in [3.8, 4) is 0 Å². The summed E-state index contributed by atoms with van der Waals surface area (Å²) in [5.74, 6) is -0.253. The summed E-state index contributed by atoms with van der Waals surface area (Å²) >= 11 is 1.51. The van der Waals surface area contributed by atoms with Crippen molar-refractivity contribution in [3.63, 3.8) is 0 Å². The molecule has 1 atom stereocenters. The van der Waals surface area contributed by atoms with Gasteiger partial charge in [0.25, 0.3) is 0 Å². The van der Waals surface area contributed by atoms with Gasteiger partial charge in [-0.25, -0.2) is 9.79 Å². The monoisotopic (exact) mass is 455 g/mol. The maximum Gasteiger partial charge on any atom is 0.338 e. The van der Waals surface area contributed by atoms with Crippen LogP contribution in [0, 0.1) is 6.92 Å². The van der Waals surface area contributed by atoms with E-state index in [1.54, 1.807) is 6.92 Å². The number of carbonyl (C=O) groups is 2. The highest BCUT2D eigenvalue weighted by atomic mass is 32.2. The Morgan fingerprint density at radius 3 is 2.44 bits per heavy atom. The number of rotatable bonds is 9. The molecule has 0 unspecified atom stereocenters. The van der Waals surface area contributed by atoms with Crippen LogP contribution in [0.15, 0.2) is 51.6 Å². The van der Waals surface area contributed by atoms with Crippen LogP contribution in [0.1, 0.15) is 64.1 Å². The molecule has 2 heterocycles. The minimum absolute atomic E-state index is 0.106. The standard InChI is InChI=1S/C25H33N3O3S/c1-6-13-27(14-7-2)21(29)15-19-16-32-25-26-18(5)22(24(30)31-8-3)23(28(19)25)20-12-10-9-11-17(20)4/h9-12,16,23H,6-8,13-15H2,1-5H3/t23-/m0/s1. The van der Waals surface area contributed by atoms with Gasteiger partial charge in [0, 0.05) is 18.8 Å². The summed E-state index contributed by atoms with van der Waals surface area (Å²) in [7, 11) is 0. The number of aryl methyl sites for hydroxylation is 1. The van der Waals surface area contributed by atoms with E-state index in [0.717, 1.165) is 47.9 Å². The van der Waals surface area contributed by atoms with Crippen LogP contribution in [0.25, 0.3) is 0 Å². The Morgan fingerprint density at radius 1 is 1.12 bits per heavy atom. The predicted molar refractivity (Wildman–Crippen MR) is 130 cm³/mol. The van der Waals surface area contributed by atoms with Gasteiger partial charge in [-0.2, -0.15) is 0 Å². The Balaban J connectivity index is 2.01. The fourth-order valence-corrected chi connectivity index (χ4v) is 5.16. The predicted octanol–water partition coefficient (Wildman–Crippen LogP) is 5.17. The number of thioether (sulfide) groups is 1. The Hall–Kier alpha value is -2.54. The maximum absolute atomic E-state index is 13.2. The Bertz CT molecular complexity index is 961. The second-order valence-corrected chi connectivity index (χ2v) is 8.86. The first kappa shape index (κ1) is 24.1. The van der Waals surface area contributed by atoms with Crippen molar-refractivity contribution in [2.24, 2.45) is 4.99 Å². The molecule has 0 fully saturated rings. The number of allylic oxidation sites excluding steroid dienone is 1. The summed E-state index contributed by atoms with van der Waals surface area (Å²) < 4.78 is 5.42. The molecule has 0 radical (unpaired) electrons.